The maximum Gasteiger partial charge on any atom is 0.240 e. The van der Waals surface area contributed by atoms with Gasteiger partial charge in [-0.1, -0.05) is 60.7 Å². The van der Waals surface area contributed by atoms with Crippen molar-refractivity contribution in [2.24, 2.45) is 5.92 Å². The lowest BCUT2D eigenvalue weighted by Gasteiger charge is -2.40. The van der Waals surface area contributed by atoms with Crippen LogP contribution >= 0.6 is 0 Å². The highest BCUT2D eigenvalue weighted by atomic mass is 32.2. The molecule has 0 aromatic heterocycles. The van der Waals surface area contributed by atoms with Crippen LogP contribution in [0.2, 0.25) is 0 Å². The molecule has 2 N–H and O–H groups in total. The fraction of sp³-hybridized carbons (Fsp3) is 0.367. The molecule has 3 aromatic carbocycles. The Kier molecular flexibility index (Phi) is 6.61. The molecule has 1 amide bonds. The van der Waals surface area contributed by atoms with Gasteiger partial charge in [0, 0.05) is 31.6 Å². The lowest BCUT2D eigenvalue weighted by Crippen LogP contribution is -2.51. The van der Waals surface area contributed by atoms with E-state index in [0.717, 1.165) is 36.2 Å². The second-order valence-electron chi connectivity index (χ2n) is 10.5. The van der Waals surface area contributed by atoms with Gasteiger partial charge in [-0.25, -0.2) is 13.1 Å². The Morgan fingerprint density at radius 3 is 2.41 bits per heavy atom. The zero-order valence-electron chi connectivity index (χ0n) is 20.9. The van der Waals surface area contributed by atoms with Gasteiger partial charge in [-0.2, -0.15) is 0 Å². The first-order valence-corrected chi connectivity index (χ1v) is 14.8. The SMILES string of the molecule is O=C(C1CCC(NS(=O)(=O)c2ccc3c(c2)Cc2ccccc2-3)CC1)N1CCNCC1c1ccccc1. The summed E-state index contributed by atoms with van der Waals surface area (Å²) in [5, 5.41) is 3.42. The molecule has 2 fully saturated rings. The molecule has 1 saturated heterocycles. The summed E-state index contributed by atoms with van der Waals surface area (Å²) in [5.41, 5.74) is 5.76. The van der Waals surface area contributed by atoms with E-state index in [1.54, 1.807) is 6.07 Å². The molecular weight excluding hydrogens is 482 g/mol. The Labute approximate surface area is 219 Å². The van der Waals surface area contributed by atoms with Crippen molar-refractivity contribution in [3.63, 3.8) is 0 Å². The van der Waals surface area contributed by atoms with E-state index in [1.807, 2.05) is 47.4 Å². The van der Waals surface area contributed by atoms with Gasteiger partial charge in [-0.3, -0.25) is 4.79 Å². The Morgan fingerprint density at radius 1 is 0.865 bits per heavy atom. The summed E-state index contributed by atoms with van der Waals surface area (Å²) in [5.74, 6) is 0.151. The Morgan fingerprint density at radius 2 is 1.59 bits per heavy atom. The standard InChI is InChI=1S/C30H33N3O3S/c34-30(33-17-16-31-20-29(33)21-6-2-1-3-7-21)22-10-12-25(13-11-22)32-37(35,36)26-14-15-28-24(19-26)18-23-8-4-5-9-27(23)28/h1-9,14-15,19,22,25,29,31-32H,10-13,16-18,20H2. The molecule has 1 heterocycles. The Hall–Kier alpha value is -3.00. The van der Waals surface area contributed by atoms with Crippen molar-refractivity contribution in [2.45, 2.75) is 49.1 Å². The Bertz CT molecular complexity index is 1400. The minimum absolute atomic E-state index is 0.0459. The number of carbonyl (C=O) groups excluding carboxylic acids is 1. The van der Waals surface area contributed by atoms with Gasteiger partial charge < -0.3 is 10.2 Å². The van der Waals surface area contributed by atoms with E-state index >= 15 is 0 Å². The lowest BCUT2D eigenvalue weighted by molar-refractivity contribution is -0.140. The molecule has 2 aliphatic carbocycles. The van der Waals surface area contributed by atoms with Gasteiger partial charge in [-0.15, -0.1) is 0 Å². The number of piperazine rings is 1. The van der Waals surface area contributed by atoms with Gasteiger partial charge in [0.25, 0.3) is 0 Å². The van der Waals surface area contributed by atoms with Crippen LogP contribution < -0.4 is 10.0 Å². The average molecular weight is 516 g/mol. The van der Waals surface area contributed by atoms with Crippen molar-refractivity contribution in [1.29, 1.82) is 0 Å². The van der Waals surface area contributed by atoms with Crippen LogP contribution in [0.4, 0.5) is 0 Å². The first kappa shape index (κ1) is 24.3. The minimum atomic E-state index is -3.63. The first-order valence-electron chi connectivity index (χ1n) is 13.3. The van der Waals surface area contributed by atoms with Crippen LogP contribution in [-0.2, 0) is 21.2 Å². The molecule has 3 aromatic rings. The number of nitrogens with one attached hydrogen (secondary N) is 2. The van der Waals surface area contributed by atoms with E-state index in [1.165, 1.54) is 11.1 Å². The van der Waals surface area contributed by atoms with E-state index in [-0.39, 0.29) is 23.9 Å². The molecule has 37 heavy (non-hydrogen) atoms. The van der Waals surface area contributed by atoms with Crippen LogP contribution in [0.15, 0.2) is 77.7 Å². The second-order valence-corrected chi connectivity index (χ2v) is 12.2. The summed E-state index contributed by atoms with van der Waals surface area (Å²) < 4.78 is 29.4. The zero-order chi connectivity index (χ0) is 25.4. The molecule has 192 valence electrons. The van der Waals surface area contributed by atoms with Crippen molar-refractivity contribution < 1.29 is 13.2 Å². The number of hydrogen-bond donors (Lipinski definition) is 2. The highest BCUT2D eigenvalue weighted by Crippen LogP contribution is 2.37. The van der Waals surface area contributed by atoms with E-state index in [0.29, 0.717) is 37.1 Å². The maximum absolute atomic E-state index is 13.5. The number of hydrogen-bond acceptors (Lipinski definition) is 4. The number of fused-ring (bicyclic) bond motifs is 3. The predicted molar refractivity (Wildman–Crippen MR) is 145 cm³/mol. The van der Waals surface area contributed by atoms with Gasteiger partial charge >= 0.3 is 0 Å². The fourth-order valence-electron chi connectivity index (χ4n) is 6.21. The van der Waals surface area contributed by atoms with Crippen molar-refractivity contribution in [3.05, 3.63) is 89.5 Å². The summed E-state index contributed by atoms with van der Waals surface area (Å²) in [6.45, 7) is 2.26. The number of rotatable bonds is 5. The molecule has 6 rings (SSSR count). The highest BCUT2D eigenvalue weighted by Gasteiger charge is 2.35. The van der Waals surface area contributed by atoms with Gasteiger partial charge in [0.1, 0.15) is 0 Å². The number of carbonyl (C=O) groups is 1. The molecule has 1 aliphatic heterocycles. The molecule has 0 spiro atoms. The molecular formula is C30H33N3O3S. The summed E-state index contributed by atoms with van der Waals surface area (Å²) in [6.07, 6.45) is 3.52. The van der Waals surface area contributed by atoms with E-state index < -0.39 is 10.0 Å². The fourth-order valence-corrected chi connectivity index (χ4v) is 7.57. The van der Waals surface area contributed by atoms with Crippen LogP contribution in [0.3, 0.4) is 0 Å². The summed E-state index contributed by atoms with van der Waals surface area (Å²) >= 11 is 0. The number of sulfonamides is 1. The van der Waals surface area contributed by atoms with E-state index in [4.69, 9.17) is 0 Å². The quantitative estimate of drug-likeness (QED) is 0.416. The maximum atomic E-state index is 13.5. The van der Waals surface area contributed by atoms with Crippen LogP contribution in [0.25, 0.3) is 11.1 Å². The van der Waals surface area contributed by atoms with E-state index in [9.17, 15) is 13.2 Å². The monoisotopic (exact) mass is 515 g/mol. The first-order chi connectivity index (χ1) is 18.0. The second kappa shape index (κ2) is 10.0. The van der Waals surface area contributed by atoms with Gasteiger partial charge in [0.15, 0.2) is 0 Å². The minimum Gasteiger partial charge on any atom is -0.333 e. The molecule has 7 heteroatoms. The van der Waals surface area contributed by atoms with Gasteiger partial charge in [0.2, 0.25) is 15.9 Å². The lowest BCUT2D eigenvalue weighted by atomic mass is 9.85. The van der Waals surface area contributed by atoms with Crippen LogP contribution in [0.5, 0.6) is 0 Å². The molecule has 0 bridgehead atoms. The molecule has 3 aliphatic rings. The van der Waals surface area contributed by atoms with Crippen LogP contribution in [-0.4, -0.2) is 44.9 Å². The summed E-state index contributed by atoms with van der Waals surface area (Å²) in [6, 6.07) is 23.8. The molecule has 6 nitrogen and oxygen atoms in total. The van der Waals surface area contributed by atoms with Gasteiger partial charge in [-0.05, 0) is 72.1 Å². The van der Waals surface area contributed by atoms with Crippen LogP contribution in [0, 0.1) is 5.92 Å². The highest BCUT2D eigenvalue weighted by molar-refractivity contribution is 7.89. The Balaban J connectivity index is 1.09. The third-order valence-electron chi connectivity index (χ3n) is 8.18. The van der Waals surface area contributed by atoms with E-state index in [2.05, 4.69) is 34.3 Å². The number of nitrogens with zero attached hydrogens (tertiary/aromatic N) is 1. The third-order valence-corrected chi connectivity index (χ3v) is 9.70. The van der Waals surface area contributed by atoms with Gasteiger partial charge in [0.05, 0.1) is 10.9 Å². The van der Waals surface area contributed by atoms with Crippen molar-refractivity contribution in [2.75, 3.05) is 19.6 Å². The largest absolute Gasteiger partial charge is 0.333 e. The average Bonchev–Trinajstić information content (AvgIpc) is 3.31. The van der Waals surface area contributed by atoms with Crippen molar-refractivity contribution >= 4 is 15.9 Å². The molecule has 0 radical (unpaired) electrons. The van der Waals surface area contributed by atoms with Crippen molar-refractivity contribution in [3.8, 4) is 11.1 Å². The summed E-state index contributed by atoms with van der Waals surface area (Å²) in [4.78, 5) is 15.9. The molecule has 1 atom stereocenters. The summed E-state index contributed by atoms with van der Waals surface area (Å²) in [7, 11) is -3.63. The number of benzene rings is 3. The topological polar surface area (TPSA) is 78.5 Å². The zero-order valence-corrected chi connectivity index (χ0v) is 21.7. The normalized spacial score (nSPS) is 23.4. The van der Waals surface area contributed by atoms with Crippen LogP contribution in [0.1, 0.15) is 48.4 Å². The van der Waals surface area contributed by atoms with Crippen molar-refractivity contribution in [1.82, 2.24) is 14.9 Å². The third kappa shape index (κ3) is 4.83. The predicted octanol–water partition coefficient (Wildman–Crippen LogP) is 4.27. The molecule has 1 unspecified atom stereocenters. The smallest absolute Gasteiger partial charge is 0.240 e. The molecule has 1 saturated carbocycles. The number of amides is 1.